The fourth-order valence-corrected chi connectivity index (χ4v) is 3.74. The first-order chi connectivity index (χ1) is 12.7. The second kappa shape index (κ2) is 8.89. The Kier molecular flexibility index (Phi) is 6.33. The van der Waals surface area contributed by atoms with Gasteiger partial charge in [0.15, 0.2) is 0 Å². The van der Waals surface area contributed by atoms with Crippen LogP contribution in [0, 0.1) is 0 Å². The van der Waals surface area contributed by atoms with E-state index in [2.05, 4.69) is 20.8 Å². The van der Waals surface area contributed by atoms with Crippen molar-refractivity contribution in [2.75, 3.05) is 5.32 Å². The Morgan fingerprint density at radius 3 is 2.35 bits per heavy atom. The maximum Gasteiger partial charge on any atom is 0.286 e. The minimum atomic E-state index is -0.280. The molecule has 1 aliphatic rings. The van der Waals surface area contributed by atoms with Crippen LogP contribution in [0.1, 0.15) is 70.6 Å². The van der Waals surface area contributed by atoms with E-state index in [1.807, 2.05) is 6.92 Å². The van der Waals surface area contributed by atoms with Crippen LogP contribution >= 0.6 is 11.3 Å². The van der Waals surface area contributed by atoms with Gasteiger partial charge in [0.25, 0.3) is 11.8 Å². The lowest BCUT2D eigenvalue weighted by Crippen LogP contribution is -2.34. The molecular weight excluding hydrogens is 348 g/mol. The zero-order chi connectivity index (χ0) is 18.4. The average Bonchev–Trinajstić information content (AvgIpc) is 3.00. The molecule has 0 bridgehead atoms. The molecule has 7 heteroatoms. The van der Waals surface area contributed by atoms with E-state index in [-0.39, 0.29) is 17.9 Å². The summed E-state index contributed by atoms with van der Waals surface area (Å²) in [5.74, 6) is -0.329. The maximum absolute atomic E-state index is 12.4. The van der Waals surface area contributed by atoms with E-state index in [9.17, 15) is 9.59 Å². The van der Waals surface area contributed by atoms with Crippen molar-refractivity contribution >= 4 is 28.8 Å². The van der Waals surface area contributed by atoms with Gasteiger partial charge in [-0.25, -0.2) is 0 Å². The van der Waals surface area contributed by atoms with Crippen molar-refractivity contribution in [3.63, 3.8) is 0 Å². The first kappa shape index (κ1) is 18.5. The molecule has 0 aliphatic heterocycles. The fourth-order valence-electron chi connectivity index (χ4n) is 3.07. The molecule has 2 amide bonds. The smallest absolute Gasteiger partial charge is 0.286 e. The first-order valence-electron chi connectivity index (χ1n) is 9.20. The molecule has 1 aromatic carbocycles. The summed E-state index contributed by atoms with van der Waals surface area (Å²) in [6.45, 7) is 1.97. The molecule has 138 valence electrons. The lowest BCUT2D eigenvalue weighted by molar-refractivity contribution is 0.0933. The highest BCUT2D eigenvalue weighted by atomic mass is 32.1. The molecule has 6 nitrogen and oxygen atoms in total. The minimum absolute atomic E-state index is 0.0495. The fraction of sp³-hybridized carbons (Fsp3) is 0.474. The number of anilines is 1. The molecule has 1 aromatic heterocycles. The van der Waals surface area contributed by atoms with E-state index in [0.29, 0.717) is 16.3 Å². The second-order valence-corrected chi connectivity index (χ2v) is 7.61. The SMILES string of the molecule is CCc1nnc(C(=O)Nc2ccc(C(=O)NC3CCCCCC3)cc2)s1. The molecule has 1 fully saturated rings. The Hall–Kier alpha value is -2.28. The third-order valence-corrected chi connectivity index (χ3v) is 5.63. The summed E-state index contributed by atoms with van der Waals surface area (Å²) < 4.78 is 0. The molecule has 1 aliphatic carbocycles. The van der Waals surface area contributed by atoms with E-state index in [4.69, 9.17) is 0 Å². The number of rotatable bonds is 5. The number of nitrogens with zero attached hydrogens (tertiary/aromatic N) is 2. The number of amides is 2. The normalized spacial score (nSPS) is 15.3. The van der Waals surface area contributed by atoms with Gasteiger partial charge in [0.05, 0.1) is 0 Å². The molecule has 0 unspecified atom stereocenters. The van der Waals surface area contributed by atoms with Gasteiger partial charge >= 0.3 is 0 Å². The van der Waals surface area contributed by atoms with Crippen molar-refractivity contribution < 1.29 is 9.59 Å². The van der Waals surface area contributed by atoms with Gasteiger partial charge in [0.2, 0.25) is 5.01 Å². The zero-order valence-electron chi connectivity index (χ0n) is 15.0. The highest BCUT2D eigenvalue weighted by molar-refractivity contribution is 7.13. The third kappa shape index (κ3) is 4.88. The largest absolute Gasteiger partial charge is 0.349 e. The number of hydrogen-bond acceptors (Lipinski definition) is 5. The Balaban J connectivity index is 1.57. The lowest BCUT2D eigenvalue weighted by atomic mass is 10.1. The number of hydrogen-bond donors (Lipinski definition) is 2. The summed E-state index contributed by atoms with van der Waals surface area (Å²) in [7, 11) is 0. The van der Waals surface area contributed by atoms with Gasteiger partial charge in [-0.3, -0.25) is 9.59 Å². The second-order valence-electron chi connectivity index (χ2n) is 6.55. The number of benzene rings is 1. The molecule has 1 heterocycles. The van der Waals surface area contributed by atoms with Gasteiger partial charge in [-0.1, -0.05) is 43.9 Å². The predicted molar refractivity (Wildman–Crippen MR) is 103 cm³/mol. The van der Waals surface area contributed by atoms with Gasteiger partial charge in [-0.2, -0.15) is 0 Å². The van der Waals surface area contributed by atoms with E-state index in [0.717, 1.165) is 24.3 Å². The number of carbonyl (C=O) groups is 2. The van der Waals surface area contributed by atoms with Gasteiger partial charge < -0.3 is 10.6 Å². The summed E-state index contributed by atoms with van der Waals surface area (Å²) in [5, 5.41) is 14.9. The summed E-state index contributed by atoms with van der Waals surface area (Å²) >= 11 is 1.29. The standard InChI is InChI=1S/C19H24N4O2S/c1-2-16-22-23-19(26-16)18(25)21-15-11-9-13(10-12-15)17(24)20-14-7-5-3-4-6-8-14/h9-12,14H,2-8H2,1H3,(H,20,24)(H,21,25). The van der Waals surface area contributed by atoms with Crippen molar-refractivity contribution in [3.8, 4) is 0 Å². The number of aryl methyl sites for hydroxylation is 1. The Morgan fingerprint density at radius 1 is 1.04 bits per heavy atom. The third-order valence-electron chi connectivity index (χ3n) is 4.56. The van der Waals surface area contributed by atoms with Crippen LogP contribution in [0.4, 0.5) is 5.69 Å². The Labute approximate surface area is 157 Å². The number of nitrogens with one attached hydrogen (secondary N) is 2. The van der Waals surface area contributed by atoms with Crippen LogP contribution in [-0.2, 0) is 6.42 Å². The average molecular weight is 372 g/mol. The molecule has 0 atom stereocenters. The van der Waals surface area contributed by atoms with Crippen LogP contribution in [0.5, 0.6) is 0 Å². The summed E-state index contributed by atoms with van der Waals surface area (Å²) in [5.41, 5.74) is 1.24. The van der Waals surface area contributed by atoms with E-state index in [1.165, 1.54) is 37.0 Å². The first-order valence-corrected chi connectivity index (χ1v) is 10.0. The van der Waals surface area contributed by atoms with Gasteiger partial charge in [0.1, 0.15) is 5.01 Å². The van der Waals surface area contributed by atoms with Gasteiger partial charge in [0, 0.05) is 17.3 Å². The number of carbonyl (C=O) groups excluding carboxylic acids is 2. The highest BCUT2D eigenvalue weighted by Gasteiger charge is 2.16. The van der Waals surface area contributed by atoms with Gasteiger partial charge in [-0.15, -0.1) is 10.2 Å². The molecule has 0 radical (unpaired) electrons. The van der Waals surface area contributed by atoms with Crippen LogP contribution in [0.15, 0.2) is 24.3 Å². The molecule has 3 rings (SSSR count). The minimum Gasteiger partial charge on any atom is -0.349 e. The monoisotopic (exact) mass is 372 g/mol. The zero-order valence-corrected chi connectivity index (χ0v) is 15.8. The van der Waals surface area contributed by atoms with E-state index >= 15 is 0 Å². The topological polar surface area (TPSA) is 84.0 Å². The Morgan fingerprint density at radius 2 is 1.73 bits per heavy atom. The summed E-state index contributed by atoms with van der Waals surface area (Å²) in [6.07, 6.45) is 7.76. The molecule has 26 heavy (non-hydrogen) atoms. The van der Waals surface area contributed by atoms with Crippen LogP contribution in [0.25, 0.3) is 0 Å². The summed E-state index contributed by atoms with van der Waals surface area (Å²) in [4.78, 5) is 24.6. The molecule has 2 aromatic rings. The maximum atomic E-state index is 12.4. The van der Waals surface area contributed by atoms with Crippen molar-refractivity contribution in [1.82, 2.24) is 15.5 Å². The van der Waals surface area contributed by atoms with Gasteiger partial charge in [-0.05, 0) is 43.5 Å². The Bertz CT molecular complexity index is 749. The van der Waals surface area contributed by atoms with Crippen molar-refractivity contribution in [1.29, 1.82) is 0 Å². The van der Waals surface area contributed by atoms with Crippen LogP contribution in [0.3, 0.4) is 0 Å². The highest BCUT2D eigenvalue weighted by Crippen LogP contribution is 2.18. The van der Waals surface area contributed by atoms with E-state index in [1.54, 1.807) is 24.3 Å². The van der Waals surface area contributed by atoms with Crippen molar-refractivity contribution in [2.24, 2.45) is 0 Å². The summed E-state index contributed by atoms with van der Waals surface area (Å²) in [6, 6.07) is 7.22. The molecule has 0 spiro atoms. The predicted octanol–water partition coefficient (Wildman–Crippen LogP) is 3.81. The lowest BCUT2D eigenvalue weighted by Gasteiger charge is -2.16. The molecular formula is C19H24N4O2S. The van der Waals surface area contributed by atoms with Crippen LogP contribution in [0.2, 0.25) is 0 Å². The van der Waals surface area contributed by atoms with Crippen molar-refractivity contribution in [2.45, 2.75) is 57.9 Å². The molecule has 0 saturated heterocycles. The molecule has 2 N–H and O–H groups in total. The van der Waals surface area contributed by atoms with Crippen LogP contribution in [-0.4, -0.2) is 28.1 Å². The quantitative estimate of drug-likeness (QED) is 0.782. The molecule has 1 saturated carbocycles. The van der Waals surface area contributed by atoms with E-state index < -0.39 is 0 Å². The van der Waals surface area contributed by atoms with Crippen LogP contribution < -0.4 is 10.6 Å². The van der Waals surface area contributed by atoms with Crippen molar-refractivity contribution in [3.05, 3.63) is 39.8 Å². The number of aromatic nitrogens is 2.